The van der Waals surface area contributed by atoms with E-state index in [1.807, 2.05) is 0 Å². The molecule has 0 radical (unpaired) electrons. The van der Waals surface area contributed by atoms with Crippen molar-refractivity contribution in [3.63, 3.8) is 0 Å². The molecule has 0 bridgehead atoms. The summed E-state index contributed by atoms with van der Waals surface area (Å²) in [4.78, 5) is 29.0. The van der Waals surface area contributed by atoms with E-state index >= 15 is 0 Å². The standard InChI is InChI=1S/C29H39N7O3/c1-4-19-8-10-20(11-9-19)16-36-23-25(31-18(3)22-6-5-7-22)33-27(24(30)32-29(37)38)34-26(23)35-28(36)17(2)21-12-14-39-15-13-21/h1,18-22H,2,5-16H2,3H3,(H2,30,32)(H,37,38)(H,31,33,34). The van der Waals surface area contributed by atoms with Crippen molar-refractivity contribution in [1.82, 2.24) is 19.5 Å². The zero-order chi connectivity index (χ0) is 27.5. The molecule has 0 spiro atoms. The van der Waals surface area contributed by atoms with Crippen LogP contribution in [-0.2, 0) is 11.3 Å². The third-order valence-corrected chi connectivity index (χ3v) is 8.79. The normalized spacial score (nSPS) is 23.6. The Bertz CT molecular complexity index is 1290. The van der Waals surface area contributed by atoms with Crippen LogP contribution >= 0.6 is 0 Å². The number of nitrogens with one attached hydrogen (secondary N) is 1. The third-order valence-electron chi connectivity index (χ3n) is 8.79. The number of nitrogens with two attached hydrogens (primary N) is 1. The number of ether oxygens (including phenoxy) is 1. The molecule has 3 aliphatic rings. The van der Waals surface area contributed by atoms with Crippen molar-refractivity contribution in [2.75, 3.05) is 18.5 Å². The van der Waals surface area contributed by atoms with Gasteiger partial charge in [0.15, 0.2) is 23.1 Å². The number of aromatic nitrogens is 4. The minimum Gasteiger partial charge on any atom is -0.463 e. The van der Waals surface area contributed by atoms with Gasteiger partial charge in [-0.2, -0.15) is 4.99 Å². The van der Waals surface area contributed by atoms with Crippen LogP contribution in [0.3, 0.4) is 0 Å². The van der Waals surface area contributed by atoms with Crippen LogP contribution in [0.1, 0.15) is 76.4 Å². The number of fused-ring (bicyclic) bond motifs is 1. The molecule has 208 valence electrons. The van der Waals surface area contributed by atoms with Gasteiger partial charge in [-0.15, -0.1) is 12.3 Å². The summed E-state index contributed by atoms with van der Waals surface area (Å²) in [5.74, 6) is 5.75. The molecule has 4 N–H and O–H groups in total. The lowest BCUT2D eigenvalue weighted by Crippen LogP contribution is -2.32. The number of anilines is 1. The second-order valence-electron chi connectivity index (χ2n) is 11.3. The van der Waals surface area contributed by atoms with E-state index < -0.39 is 6.09 Å². The molecule has 10 heteroatoms. The van der Waals surface area contributed by atoms with E-state index in [2.05, 4.69) is 39.3 Å². The van der Waals surface area contributed by atoms with Gasteiger partial charge in [0.2, 0.25) is 0 Å². The molecule has 2 aromatic rings. The fraction of sp³-hybridized carbons (Fsp3) is 0.621. The van der Waals surface area contributed by atoms with Crippen molar-refractivity contribution >= 4 is 34.5 Å². The number of hydrogen-bond acceptors (Lipinski definition) is 6. The molecule has 1 amide bonds. The van der Waals surface area contributed by atoms with E-state index in [4.69, 9.17) is 26.9 Å². The molecule has 3 fully saturated rings. The molecule has 10 nitrogen and oxygen atoms in total. The van der Waals surface area contributed by atoms with Crippen LogP contribution in [0.5, 0.6) is 0 Å². The summed E-state index contributed by atoms with van der Waals surface area (Å²) in [5, 5.41) is 12.8. The monoisotopic (exact) mass is 533 g/mol. The van der Waals surface area contributed by atoms with E-state index in [0.29, 0.717) is 42.4 Å². The summed E-state index contributed by atoms with van der Waals surface area (Å²) in [6.07, 6.45) is 13.8. The molecule has 39 heavy (non-hydrogen) atoms. The summed E-state index contributed by atoms with van der Waals surface area (Å²) >= 11 is 0. The third kappa shape index (κ3) is 5.93. The predicted molar refractivity (Wildman–Crippen MR) is 151 cm³/mol. The Morgan fingerprint density at radius 1 is 1.21 bits per heavy atom. The first-order valence-corrected chi connectivity index (χ1v) is 14.2. The summed E-state index contributed by atoms with van der Waals surface area (Å²) in [6.45, 7) is 8.84. The average Bonchev–Trinajstić information content (AvgIpc) is 3.26. The lowest BCUT2D eigenvalue weighted by Gasteiger charge is -2.32. The highest BCUT2D eigenvalue weighted by Crippen LogP contribution is 2.37. The van der Waals surface area contributed by atoms with E-state index in [1.54, 1.807) is 0 Å². The Kier molecular flexibility index (Phi) is 8.17. The number of rotatable bonds is 8. The quantitative estimate of drug-likeness (QED) is 0.252. The van der Waals surface area contributed by atoms with Gasteiger partial charge >= 0.3 is 6.09 Å². The lowest BCUT2D eigenvalue weighted by atomic mass is 9.80. The number of carboxylic acid groups (broad SMARTS) is 1. The summed E-state index contributed by atoms with van der Waals surface area (Å²) in [7, 11) is 0. The largest absolute Gasteiger partial charge is 0.463 e. The first-order chi connectivity index (χ1) is 18.8. The first-order valence-electron chi connectivity index (χ1n) is 14.2. The van der Waals surface area contributed by atoms with Crippen LogP contribution in [-0.4, -0.2) is 55.8 Å². The van der Waals surface area contributed by atoms with Gasteiger partial charge < -0.3 is 25.5 Å². The van der Waals surface area contributed by atoms with Crippen molar-refractivity contribution in [2.24, 2.45) is 34.4 Å². The van der Waals surface area contributed by atoms with Crippen molar-refractivity contribution in [2.45, 2.75) is 77.3 Å². The minimum absolute atomic E-state index is 0.0515. The fourth-order valence-corrected chi connectivity index (χ4v) is 6.10. The second-order valence-corrected chi connectivity index (χ2v) is 11.3. The number of hydrogen-bond donors (Lipinski definition) is 3. The van der Waals surface area contributed by atoms with Gasteiger partial charge in [0.05, 0.1) is 0 Å². The molecule has 1 aliphatic heterocycles. The molecule has 1 saturated heterocycles. The van der Waals surface area contributed by atoms with Gasteiger partial charge in [-0.25, -0.2) is 19.7 Å². The zero-order valence-corrected chi connectivity index (χ0v) is 22.7. The molecule has 2 aromatic heterocycles. The smallest absolute Gasteiger partial charge is 0.433 e. The van der Waals surface area contributed by atoms with E-state index in [1.165, 1.54) is 19.3 Å². The van der Waals surface area contributed by atoms with Gasteiger partial charge in [0, 0.05) is 31.7 Å². The Balaban J connectivity index is 1.61. The van der Waals surface area contributed by atoms with Crippen LogP contribution in [0.25, 0.3) is 16.7 Å². The predicted octanol–water partition coefficient (Wildman–Crippen LogP) is 4.69. The van der Waals surface area contributed by atoms with Crippen LogP contribution < -0.4 is 11.1 Å². The lowest BCUT2D eigenvalue weighted by molar-refractivity contribution is 0.0806. The summed E-state index contributed by atoms with van der Waals surface area (Å²) < 4.78 is 7.83. The molecular weight excluding hydrogens is 494 g/mol. The number of amidine groups is 1. The van der Waals surface area contributed by atoms with E-state index in [9.17, 15) is 9.90 Å². The fourth-order valence-electron chi connectivity index (χ4n) is 6.10. The Morgan fingerprint density at radius 3 is 2.54 bits per heavy atom. The van der Waals surface area contributed by atoms with Crippen LogP contribution in [0.15, 0.2) is 11.6 Å². The average molecular weight is 534 g/mol. The van der Waals surface area contributed by atoms with Crippen LogP contribution in [0.2, 0.25) is 0 Å². The zero-order valence-electron chi connectivity index (χ0n) is 22.7. The minimum atomic E-state index is -1.39. The molecule has 0 aromatic carbocycles. The highest BCUT2D eigenvalue weighted by Gasteiger charge is 2.30. The highest BCUT2D eigenvalue weighted by atomic mass is 16.5. The van der Waals surface area contributed by atoms with Crippen LogP contribution in [0.4, 0.5) is 10.6 Å². The van der Waals surface area contributed by atoms with Crippen molar-refractivity contribution in [3.05, 3.63) is 18.2 Å². The number of carbonyl (C=O) groups is 1. The maximum absolute atomic E-state index is 11.2. The maximum Gasteiger partial charge on any atom is 0.433 e. The Hall–Kier alpha value is -3.45. The number of imidazole rings is 1. The second kappa shape index (κ2) is 11.7. The highest BCUT2D eigenvalue weighted by molar-refractivity contribution is 6.01. The van der Waals surface area contributed by atoms with Crippen molar-refractivity contribution < 1.29 is 14.6 Å². The molecule has 5 rings (SSSR count). The Labute approximate surface area is 229 Å². The number of terminal acetylenes is 1. The van der Waals surface area contributed by atoms with Gasteiger partial charge in [-0.3, -0.25) is 0 Å². The van der Waals surface area contributed by atoms with Gasteiger partial charge in [-0.1, -0.05) is 13.0 Å². The summed E-state index contributed by atoms with van der Waals surface area (Å²) in [5.41, 5.74) is 8.25. The summed E-state index contributed by atoms with van der Waals surface area (Å²) in [6, 6.07) is 0.180. The molecule has 3 heterocycles. The van der Waals surface area contributed by atoms with E-state index in [-0.39, 0.29) is 23.6 Å². The number of allylic oxidation sites excluding steroid dienone is 1. The van der Waals surface area contributed by atoms with Crippen molar-refractivity contribution in [3.8, 4) is 12.3 Å². The number of aliphatic imine (C=N–C) groups is 1. The van der Waals surface area contributed by atoms with Gasteiger partial charge in [0.25, 0.3) is 0 Å². The Morgan fingerprint density at radius 2 is 1.92 bits per heavy atom. The molecule has 2 saturated carbocycles. The number of amides is 1. The molecule has 1 unspecified atom stereocenters. The maximum atomic E-state index is 11.2. The molecule has 1 atom stereocenters. The molecular formula is C29H39N7O3. The van der Waals surface area contributed by atoms with Crippen LogP contribution in [0, 0.1) is 36.0 Å². The SMILES string of the molecule is C#CC1CCC(Cn2c(C(=C)C3CCOCC3)nc3nc(C(N)=NC(=O)O)nc(NC(C)C4CCC4)c32)CC1. The number of nitrogens with zero attached hydrogens (tertiary/aromatic N) is 5. The molecule has 2 aliphatic carbocycles. The van der Waals surface area contributed by atoms with Gasteiger partial charge in [0.1, 0.15) is 11.3 Å². The van der Waals surface area contributed by atoms with E-state index in [0.717, 1.165) is 62.0 Å². The first kappa shape index (κ1) is 27.1. The van der Waals surface area contributed by atoms with Crippen molar-refractivity contribution in [1.29, 1.82) is 0 Å². The van der Waals surface area contributed by atoms with Gasteiger partial charge in [-0.05, 0) is 81.6 Å². The topological polar surface area (TPSA) is 141 Å².